The molecule has 0 bridgehead atoms. The maximum absolute atomic E-state index is 13.2. The first-order chi connectivity index (χ1) is 13.2. The first-order valence-corrected chi connectivity index (χ1v) is 9.48. The van der Waals surface area contributed by atoms with Gasteiger partial charge in [-0.2, -0.15) is 0 Å². The number of piperidine rings is 1. The van der Waals surface area contributed by atoms with E-state index in [-0.39, 0.29) is 23.7 Å². The third-order valence-corrected chi connectivity index (χ3v) is 5.48. The molecule has 27 heavy (non-hydrogen) atoms. The van der Waals surface area contributed by atoms with Gasteiger partial charge in [0, 0.05) is 13.1 Å². The van der Waals surface area contributed by atoms with Gasteiger partial charge in [0.1, 0.15) is 5.75 Å². The highest BCUT2D eigenvalue weighted by Gasteiger charge is 2.45. The lowest BCUT2D eigenvalue weighted by atomic mass is 9.71. The predicted molar refractivity (Wildman–Crippen MR) is 103 cm³/mol. The SMILES string of the molecule is O=C(Oc1ccccc1)[C@H]1CC=C[C@H]2CCN(Cc3ccccc3)C(=O)[C@@H]12. The molecule has 2 aromatic rings. The standard InChI is InChI=1S/C23H23NO3/c25-22-21-18(14-15-24(22)16-17-8-3-1-4-9-17)10-7-13-20(21)23(26)27-19-11-5-2-6-12-19/h1-12,18,20-21H,13-16H2/t18-,20-,21+/m0/s1. The van der Waals surface area contributed by atoms with Gasteiger partial charge in [-0.15, -0.1) is 0 Å². The smallest absolute Gasteiger partial charge is 0.315 e. The third-order valence-electron chi connectivity index (χ3n) is 5.48. The van der Waals surface area contributed by atoms with Crippen LogP contribution in [0.25, 0.3) is 0 Å². The van der Waals surface area contributed by atoms with Crippen molar-refractivity contribution in [2.75, 3.05) is 6.54 Å². The quantitative estimate of drug-likeness (QED) is 0.472. The fourth-order valence-electron chi connectivity index (χ4n) is 4.11. The average Bonchev–Trinajstić information content (AvgIpc) is 2.71. The van der Waals surface area contributed by atoms with Crippen LogP contribution in [0.3, 0.4) is 0 Å². The van der Waals surface area contributed by atoms with E-state index >= 15 is 0 Å². The van der Waals surface area contributed by atoms with Gasteiger partial charge in [0.2, 0.25) is 5.91 Å². The Morgan fingerprint density at radius 3 is 2.48 bits per heavy atom. The van der Waals surface area contributed by atoms with Crippen LogP contribution in [0, 0.1) is 17.8 Å². The van der Waals surface area contributed by atoms with Gasteiger partial charge in [-0.05, 0) is 36.5 Å². The summed E-state index contributed by atoms with van der Waals surface area (Å²) >= 11 is 0. The number of allylic oxidation sites excluding steroid dienone is 2. The summed E-state index contributed by atoms with van der Waals surface area (Å²) in [4.78, 5) is 27.9. The fourth-order valence-corrected chi connectivity index (χ4v) is 4.11. The maximum atomic E-state index is 13.2. The second kappa shape index (κ2) is 7.78. The zero-order valence-electron chi connectivity index (χ0n) is 15.2. The summed E-state index contributed by atoms with van der Waals surface area (Å²) in [5.74, 6) is -0.357. The Labute approximate surface area is 159 Å². The molecule has 0 saturated carbocycles. The van der Waals surface area contributed by atoms with Crippen LogP contribution in [0.15, 0.2) is 72.8 Å². The van der Waals surface area contributed by atoms with Crippen LogP contribution in [0.5, 0.6) is 5.75 Å². The maximum Gasteiger partial charge on any atom is 0.315 e. The first-order valence-electron chi connectivity index (χ1n) is 9.48. The molecule has 4 heteroatoms. The molecule has 0 spiro atoms. The van der Waals surface area contributed by atoms with Crippen LogP contribution < -0.4 is 4.74 Å². The summed E-state index contributed by atoms with van der Waals surface area (Å²) in [6, 6.07) is 19.1. The molecule has 0 N–H and O–H groups in total. The average molecular weight is 361 g/mol. The second-order valence-electron chi connectivity index (χ2n) is 7.23. The predicted octanol–water partition coefficient (Wildman–Crippen LogP) is 3.83. The summed E-state index contributed by atoms with van der Waals surface area (Å²) in [5, 5.41) is 0. The number of benzene rings is 2. The number of ether oxygens (including phenoxy) is 1. The zero-order chi connectivity index (χ0) is 18.6. The number of nitrogens with zero attached hydrogens (tertiary/aromatic N) is 1. The van der Waals surface area contributed by atoms with Crippen molar-refractivity contribution in [3.8, 4) is 5.75 Å². The van der Waals surface area contributed by atoms with Crippen molar-refractivity contribution in [1.82, 2.24) is 4.90 Å². The van der Waals surface area contributed by atoms with Gasteiger partial charge in [0.15, 0.2) is 0 Å². The Kier molecular flexibility index (Phi) is 5.05. The highest BCUT2D eigenvalue weighted by molar-refractivity contribution is 5.87. The number of rotatable bonds is 4. The van der Waals surface area contributed by atoms with Crippen LogP contribution in [0.1, 0.15) is 18.4 Å². The number of para-hydroxylation sites is 1. The molecule has 0 aromatic heterocycles. The third kappa shape index (κ3) is 3.80. The van der Waals surface area contributed by atoms with Crippen LogP contribution in [0.2, 0.25) is 0 Å². The Balaban J connectivity index is 1.51. The number of likely N-dealkylation sites (tertiary alicyclic amines) is 1. The molecular weight excluding hydrogens is 338 g/mol. The summed E-state index contributed by atoms with van der Waals surface area (Å²) in [6.45, 7) is 1.31. The minimum atomic E-state index is -0.425. The van der Waals surface area contributed by atoms with Crippen LogP contribution in [-0.2, 0) is 16.1 Å². The summed E-state index contributed by atoms with van der Waals surface area (Å²) in [6.07, 6.45) is 5.57. The molecule has 2 aliphatic rings. The number of amides is 1. The molecule has 1 aliphatic carbocycles. The van der Waals surface area contributed by atoms with E-state index in [9.17, 15) is 9.59 Å². The van der Waals surface area contributed by atoms with Gasteiger partial charge in [-0.25, -0.2) is 0 Å². The fraction of sp³-hybridized carbons (Fsp3) is 0.304. The summed E-state index contributed by atoms with van der Waals surface area (Å²) in [5.41, 5.74) is 1.11. The Morgan fingerprint density at radius 1 is 1.04 bits per heavy atom. The number of carbonyl (C=O) groups excluding carboxylic acids is 2. The van der Waals surface area contributed by atoms with Crippen molar-refractivity contribution in [3.05, 3.63) is 78.4 Å². The van der Waals surface area contributed by atoms with Crippen molar-refractivity contribution in [3.63, 3.8) is 0 Å². The molecular formula is C23H23NO3. The van der Waals surface area contributed by atoms with Crippen molar-refractivity contribution < 1.29 is 14.3 Å². The van der Waals surface area contributed by atoms with E-state index in [2.05, 4.69) is 6.08 Å². The molecule has 0 unspecified atom stereocenters. The van der Waals surface area contributed by atoms with Crippen LogP contribution in [-0.4, -0.2) is 23.3 Å². The Bertz CT molecular complexity index is 831. The minimum absolute atomic E-state index is 0.0643. The lowest BCUT2D eigenvalue weighted by molar-refractivity contribution is -0.153. The van der Waals surface area contributed by atoms with Crippen molar-refractivity contribution >= 4 is 11.9 Å². The van der Waals surface area contributed by atoms with Gasteiger partial charge in [0.05, 0.1) is 11.8 Å². The molecule has 138 valence electrons. The number of carbonyl (C=O) groups is 2. The van der Waals surface area contributed by atoms with E-state index in [0.717, 1.165) is 18.5 Å². The molecule has 4 nitrogen and oxygen atoms in total. The van der Waals surface area contributed by atoms with E-state index in [1.165, 1.54) is 0 Å². The lowest BCUT2D eigenvalue weighted by Gasteiger charge is -2.41. The van der Waals surface area contributed by atoms with E-state index < -0.39 is 5.92 Å². The number of esters is 1. The number of fused-ring (bicyclic) bond motifs is 1. The van der Waals surface area contributed by atoms with Crippen LogP contribution in [0.4, 0.5) is 0 Å². The monoisotopic (exact) mass is 361 g/mol. The number of hydrogen-bond donors (Lipinski definition) is 0. The zero-order valence-corrected chi connectivity index (χ0v) is 15.2. The molecule has 2 aromatic carbocycles. The van der Waals surface area contributed by atoms with Gasteiger partial charge < -0.3 is 9.64 Å². The summed E-state index contributed by atoms with van der Waals surface area (Å²) in [7, 11) is 0. The normalized spacial score (nSPS) is 24.4. The van der Waals surface area contributed by atoms with Gasteiger partial charge in [-0.3, -0.25) is 9.59 Å². The molecule has 1 aliphatic heterocycles. The highest BCUT2D eigenvalue weighted by Crippen LogP contribution is 2.38. The molecule has 1 amide bonds. The minimum Gasteiger partial charge on any atom is -0.426 e. The molecule has 1 fully saturated rings. The molecule has 3 atom stereocenters. The molecule has 1 saturated heterocycles. The largest absolute Gasteiger partial charge is 0.426 e. The van der Waals surface area contributed by atoms with Gasteiger partial charge in [-0.1, -0.05) is 60.7 Å². The topological polar surface area (TPSA) is 46.6 Å². The van der Waals surface area contributed by atoms with Gasteiger partial charge in [0.25, 0.3) is 0 Å². The molecule has 0 radical (unpaired) electrons. The van der Waals surface area contributed by atoms with Crippen molar-refractivity contribution in [1.29, 1.82) is 0 Å². The number of hydrogen-bond acceptors (Lipinski definition) is 3. The first kappa shape index (κ1) is 17.5. The van der Waals surface area contributed by atoms with Gasteiger partial charge >= 0.3 is 5.97 Å². The van der Waals surface area contributed by atoms with E-state index in [4.69, 9.17) is 4.74 Å². The van der Waals surface area contributed by atoms with E-state index in [1.807, 2.05) is 59.5 Å². The molecule has 1 heterocycles. The van der Waals surface area contributed by atoms with Crippen LogP contribution >= 0.6 is 0 Å². The second-order valence-corrected chi connectivity index (χ2v) is 7.23. The van der Waals surface area contributed by atoms with E-state index in [0.29, 0.717) is 18.7 Å². The lowest BCUT2D eigenvalue weighted by Crippen LogP contribution is -2.50. The Hall–Kier alpha value is -2.88. The Morgan fingerprint density at radius 2 is 1.74 bits per heavy atom. The van der Waals surface area contributed by atoms with Crippen molar-refractivity contribution in [2.24, 2.45) is 17.8 Å². The highest BCUT2D eigenvalue weighted by atomic mass is 16.5. The van der Waals surface area contributed by atoms with E-state index in [1.54, 1.807) is 12.1 Å². The van der Waals surface area contributed by atoms with Crippen molar-refractivity contribution in [2.45, 2.75) is 19.4 Å². The molecule has 4 rings (SSSR count). The summed E-state index contributed by atoms with van der Waals surface area (Å²) < 4.78 is 5.56.